The molecular weight excluding hydrogens is 523 g/mol. The Morgan fingerprint density at radius 3 is 2.59 bits per heavy atom. The maximum atomic E-state index is 15.2. The molecule has 1 aliphatic carbocycles. The first-order valence-corrected chi connectivity index (χ1v) is 14.0. The van der Waals surface area contributed by atoms with Crippen molar-refractivity contribution in [3.63, 3.8) is 0 Å². The molecule has 0 saturated heterocycles. The summed E-state index contributed by atoms with van der Waals surface area (Å²) in [4.78, 5) is 28.3. The average molecular weight is 559 g/mol. The van der Waals surface area contributed by atoms with Gasteiger partial charge in [0.15, 0.2) is 5.82 Å². The fourth-order valence-electron chi connectivity index (χ4n) is 6.41. The average Bonchev–Trinajstić information content (AvgIpc) is 3.55. The van der Waals surface area contributed by atoms with Gasteiger partial charge in [-0.3, -0.25) is 14.3 Å². The summed E-state index contributed by atoms with van der Waals surface area (Å²) in [5.41, 5.74) is 5.82. The number of pyridine rings is 1. The number of nitrogens with one attached hydrogen (secondary N) is 1. The van der Waals surface area contributed by atoms with Gasteiger partial charge in [0.05, 0.1) is 12.3 Å². The fraction of sp³-hybridized carbons (Fsp3) is 0.387. The van der Waals surface area contributed by atoms with Gasteiger partial charge in [-0.05, 0) is 67.5 Å². The van der Waals surface area contributed by atoms with E-state index in [1.165, 1.54) is 28.0 Å². The first-order chi connectivity index (χ1) is 19.5. The molecule has 0 radical (unpaired) electrons. The minimum Gasteiger partial charge on any atom is -0.392 e. The molecule has 0 atom stereocenters. The number of aliphatic hydroxyl groups is 1. The third-order valence-electron chi connectivity index (χ3n) is 8.30. The number of halogens is 1. The van der Waals surface area contributed by atoms with Crippen LogP contribution in [-0.2, 0) is 39.6 Å². The van der Waals surface area contributed by atoms with Gasteiger partial charge >= 0.3 is 0 Å². The number of hydrogen-bond acceptors (Lipinski definition) is 5. The SMILES string of the molecule is CCn1nc(Nc2cc(-c3cc(F)cc(N4CCn5c(cc6c5CC(C)(C)C6)C4=O)c3CO)cn(C)c2=O)cc1C. The van der Waals surface area contributed by atoms with E-state index in [2.05, 4.69) is 28.8 Å². The zero-order chi connectivity index (χ0) is 29.2. The Bertz CT molecular complexity index is 1760. The van der Waals surface area contributed by atoms with Crippen molar-refractivity contribution < 1.29 is 14.3 Å². The number of hydrogen-bond donors (Lipinski definition) is 2. The van der Waals surface area contributed by atoms with Crippen LogP contribution >= 0.6 is 0 Å². The van der Waals surface area contributed by atoms with Crippen molar-refractivity contribution in [1.29, 1.82) is 0 Å². The van der Waals surface area contributed by atoms with Crippen LogP contribution < -0.4 is 15.8 Å². The lowest BCUT2D eigenvalue weighted by Gasteiger charge is -2.32. The summed E-state index contributed by atoms with van der Waals surface area (Å²) in [7, 11) is 1.62. The van der Waals surface area contributed by atoms with Gasteiger partial charge in [-0.25, -0.2) is 4.39 Å². The quantitative estimate of drug-likeness (QED) is 0.362. The summed E-state index contributed by atoms with van der Waals surface area (Å²) in [5.74, 6) is -0.219. The van der Waals surface area contributed by atoms with Gasteiger partial charge in [0.2, 0.25) is 0 Å². The number of fused-ring (bicyclic) bond motifs is 3. The Morgan fingerprint density at radius 2 is 1.88 bits per heavy atom. The van der Waals surface area contributed by atoms with Crippen LogP contribution in [0.1, 0.15) is 53.8 Å². The smallest absolute Gasteiger partial charge is 0.274 e. The summed E-state index contributed by atoms with van der Waals surface area (Å²) < 4.78 is 20.6. The summed E-state index contributed by atoms with van der Waals surface area (Å²) in [6.07, 6.45) is 3.45. The van der Waals surface area contributed by atoms with Crippen LogP contribution in [0.2, 0.25) is 0 Å². The Balaban J connectivity index is 1.40. The van der Waals surface area contributed by atoms with Crippen molar-refractivity contribution >= 4 is 23.1 Å². The number of aryl methyl sites for hydroxylation is 3. The monoisotopic (exact) mass is 558 g/mol. The molecule has 41 heavy (non-hydrogen) atoms. The molecule has 4 aromatic rings. The molecule has 0 unspecified atom stereocenters. The minimum atomic E-state index is -0.536. The molecular formula is C31H35FN6O3. The highest BCUT2D eigenvalue weighted by atomic mass is 19.1. The topological polar surface area (TPSA) is 97.3 Å². The first-order valence-electron chi connectivity index (χ1n) is 14.0. The van der Waals surface area contributed by atoms with Gasteiger partial charge in [0, 0.05) is 61.5 Å². The maximum absolute atomic E-state index is 15.2. The third kappa shape index (κ3) is 4.56. The molecule has 2 aliphatic rings. The van der Waals surface area contributed by atoms with Crippen LogP contribution in [0.3, 0.4) is 0 Å². The predicted molar refractivity (Wildman–Crippen MR) is 156 cm³/mol. The number of anilines is 3. The molecule has 1 amide bonds. The molecule has 214 valence electrons. The van der Waals surface area contributed by atoms with Crippen LogP contribution in [0.15, 0.2) is 41.3 Å². The molecule has 0 spiro atoms. The Hall–Kier alpha value is -4.18. The van der Waals surface area contributed by atoms with E-state index in [4.69, 9.17) is 0 Å². The van der Waals surface area contributed by atoms with Crippen molar-refractivity contribution in [2.75, 3.05) is 16.8 Å². The van der Waals surface area contributed by atoms with E-state index in [9.17, 15) is 14.7 Å². The first kappa shape index (κ1) is 27.0. The standard InChI is InChI=1S/C31H35FN6O3/c1-6-38-18(2)9-28(34-38)33-24-10-20(16-35(5)29(24)40)22-12-21(32)13-25(23(22)17-39)37-8-7-36-26(30(37)41)11-19-14-31(3,4)15-27(19)36/h9-13,16,39H,6-8,14-15,17H2,1-5H3,(H,33,34). The van der Waals surface area contributed by atoms with Gasteiger partial charge in [-0.2, -0.15) is 5.10 Å². The van der Waals surface area contributed by atoms with Gasteiger partial charge in [0.25, 0.3) is 11.5 Å². The molecule has 1 aromatic carbocycles. The number of amides is 1. The summed E-state index contributed by atoms with van der Waals surface area (Å²) in [6.45, 7) is 9.63. The lowest BCUT2D eigenvalue weighted by atomic mass is 9.90. The van der Waals surface area contributed by atoms with Crippen LogP contribution in [0, 0.1) is 18.2 Å². The highest BCUT2D eigenvalue weighted by molar-refractivity contribution is 6.07. The number of rotatable bonds is 6. The molecule has 1 aliphatic heterocycles. The number of carbonyl (C=O) groups is 1. The van der Waals surface area contributed by atoms with E-state index in [1.807, 2.05) is 30.7 Å². The summed E-state index contributed by atoms with van der Waals surface area (Å²) in [5, 5.41) is 18.1. The van der Waals surface area contributed by atoms with Crippen LogP contribution in [0.25, 0.3) is 11.1 Å². The minimum absolute atomic E-state index is 0.173. The van der Waals surface area contributed by atoms with E-state index in [0.29, 0.717) is 53.5 Å². The Labute approximate surface area is 237 Å². The van der Waals surface area contributed by atoms with Gasteiger partial charge in [-0.1, -0.05) is 13.8 Å². The zero-order valence-corrected chi connectivity index (χ0v) is 24.1. The molecule has 0 fully saturated rings. The molecule has 2 N–H and O–H groups in total. The van der Waals surface area contributed by atoms with Crippen molar-refractivity contribution in [3.8, 4) is 11.1 Å². The predicted octanol–water partition coefficient (Wildman–Crippen LogP) is 4.54. The van der Waals surface area contributed by atoms with Crippen molar-refractivity contribution in [3.05, 3.63) is 80.9 Å². The van der Waals surface area contributed by atoms with Crippen molar-refractivity contribution in [1.82, 2.24) is 18.9 Å². The summed E-state index contributed by atoms with van der Waals surface area (Å²) in [6, 6.07) is 8.11. The van der Waals surface area contributed by atoms with Gasteiger partial charge in [0.1, 0.15) is 17.2 Å². The largest absolute Gasteiger partial charge is 0.392 e. The highest BCUT2D eigenvalue weighted by Crippen LogP contribution is 2.41. The van der Waals surface area contributed by atoms with Crippen molar-refractivity contribution in [2.24, 2.45) is 12.5 Å². The van der Waals surface area contributed by atoms with E-state index in [0.717, 1.165) is 18.5 Å². The van der Waals surface area contributed by atoms with E-state index in [1.54, 1.807) is 24.2 Å². The van der Waals surface area contributed by atoms with Crippen molar-refractivity contribution in [2.45, 2.75) is 60.2 Å². The summed E-state index contributed by atoms with van der Waals surface area (Å²) >= 11 is 0. The second-order valence-electron chi connectivity index (χ2n) is 11.9. The second-order valence-corrected chi connectivity index (χ2v) is 11.9. The van der Waals surface area contributed by atoms with Crippen LogP contribution in [-0.4, -0.2) is 36.5 Å². The normalized spacial score (nSPS) is 15.8. The van der Waals surface area contributed by atoms with Gasteiger partial charge < -0.3 is 24.5 Å². The Kier molecular flexibility index (Phi) is 6.41. The molecule has 3 aromatic heterocycles. The van der Waals surface area contributed by atoms with E-state index >= 15 is 4.39 Å². The van der Waals surface area contributed by atoms with Gasteiger partial charge in [-0.15, -0.1) is 0 Å². The van der Waals surface area contributed by atoms with E-state index < -0.39 is 12.4 Å². The zero-order valence-electron chi connectivity index (χ0n) is 24.1. The van der Waals surface area contributed by atoms with E-state index in [-0.39, 0.29) is 22.6 Å². The number of nitrogens with zero attached hydrogens (tertiary/aromatic N) is 5. The maximum Gasteiger partial charge on any atom is 0.274 e. The number of benzene rings is 1. The number of aliphatic hydroxyl groups excluding tert-OH is 1. The number of carbonyl (C=O) groups excluding carboxylic acids is 1. The lowest BCUT2D eigenvalue weighted by Crippen LogP contribution is -2.41. The number of aromatic nitrogens is 4. The second kappa shape index (κ2) is 9.73. The van der Waals surface area contributed by atoms with Crippen LogP contribution in [0.5, 0.6) is 0 Å². The molecule has 0 saturated carbocycles. The third-order valence-corrected chi connectivity index (χ3v) is 8.30. The fourth-order valence-corrected chi connectivity index (χ4v) is 6.41. The Morgan fingerprint density at radius 1 is 1.10 bits per heavy atom. The molecule has 6 rings (SSSR count). The van der Waals surface area contributed by atoms with Crippen LogP contribution in [0.4, 0.5) is 21.6 Å². The highest BCUT2D eigenvalue weighted by Gasteiger charge is 2.37. The molecule has 9 nitrogen and oxygen atoms in total. The molecule has 0 bridgehead atoms. The lowest BCUT2D eigenvalue weighted by molar-refractivity contribution is 0.0963. The molecule has 4 heterocycles. The molecule has 10 heteroatoms.